The molecular formula is C7H13N3O. The molecule has 0 saturated carbocycles. The predicted molar refractivity (Wildman–Crippen MR) is 41.8 cm³/mol. The van der Waals surface area contributed by atoms with Gasteiger partial charge in [0.2, 0.25) is 5.91 Å². The van der Waals surface area contributed by atoms with E-state index in [-0.39, 0.29) is 12.5 Å². The summed E-state index contributed by atoms with van der Waals surface area (Å²) in [5, 5.41) is 8.26. The highest BCUT2D eigenvalue weighted by Gasteiger charge is 2.07. The lowest BCUT2D eigenvalue weighted by atomic mass is 10.5. The van der Waals surface area contributed by atoms with Crippen molar-refractivity contribution in [3.05, 3.63) is 0 Å². The SMILES string of the molecule is CN(C)CC(=O)N(C)CC#N. The van der Waals surface area contributed by atoms with E-state index in [0.29, 0.717) is 6.54 Å². The first-order valence-electron chi connectivity index (χ1n) is 3.33. The number of hydrogen-bond acceptors (Lipinski definition) is 3. The van der Waals surface area contributed by atoms with Gasteiger partial charge >= 0.3 is 0 Å². The summed E-state index contributed by atoms with van der Waals surface area (Å²) >= 11 is 0. The third-order valence-corrected chi connectivity index (χ3v) is 1.19. The molecule has 0 spiro atoms. The van der Waals surface area contributed by atoms with Crippen LogP contribution in [0.25, 0.3) is 0 Å². The quantitative estimate of drug-likeness (QED) is 0.518. The molecule has 0 N–H and O–H groups in total. The van der Waals surface area contributed by atoms with Crippen LogP contribution in [0, 0.1) is 11.3 Å². The van der Waals surface area contributed by atoms with E-state index in [1.807, 2.05) is 20.2 Å². The number of rotatable bonds is 3. The van der Waals surface area contributed by atoms with Gasteiger partial charge in [0, 0.05) is 7.05 Å². The van der Waals surface area contributed by atoms with Gasteiger partial charge in [-0.2, -0.15) is 5.26 Å². The fourth-order valence-corrected chi connectivity index (χ4v) is 0.585. The molecule has 0 aliphatic carbocycles. The molecule has 0 heterocycles. The van der Waals surface area contributed by atoms with Crippen LogP contribution in [0.5, 0.6) is 0 Å². The van der Waals surface area contributed by atoms with Crippen LogP contribution in [-0.4, -0.2) is 49.9 Å². The molecule has 4 nitrogen and oxygen atoms in total. The van der Waals surface area contributed by atoms with Crippen LogP contribution >= 0.6 is 0 Å². The molecule has 0 aromatic rings. The minimum Gasteiger partial charge on any atom is -0.331 e. The molecule has 0 atom stereocenters. The maximum atomic E-state index is 11.1. The van der Waals surface area contributed by atoms with E-state index in [1.165, 1.54) is 4.90 Å². The van der Waals surface area contributed by atoms with E-state index >= 15 is 0 Å². The minimum atomic E-state index is -0.0310. The first-order chi connectivity index (χ1) is 5.07. The van der Waals surface area contributed by atoms with Gasteiger partial charge in [0.15, 0.2) is 0 Å². The van der Waals surface area contributed by atoms with Crippen LogP contribution in [0.3, 0.4) is 0 Å². The zero-order valence-corrected chi connectivity index (χ0v) is 7.16. The number of carbonyl (C=O) groups is 1. The lowest BCUT2D eigenvalue weighted by Crippen LogP contribution is -2.35. The summed E-state index contributed by atoms with van der Waals surface area (Å²) < 4.78 is 0. The van der Waals surface area contributed by atoms with Crippen molar-refractivity contribution in [1.29, 1.82) is 5.26 Å². The Labute approximate surface area is 67.0 Å². The average molecular weight is 155 g/mol. The Morgan fingerprint density at radius 3 is 2.36 bits per heavy atom. The van der Waals surface area contributed by atoms with Crippen LogP contribution in [0.2, 0.25) is 0 Å². The Bertz CT molecular complexity index is 171. The molecule has 0 saturated heterocycles. The van der Waals surface area contributed by atoms with Crippen molar-refractivity contribution in [2.75, 3.05) is 34.2 Å². The van der Waals surface area contributed by atoms with Gasteiger partial charge in [-0.05, 0) is 14.1 Å². The molecule has 11 heavy (non-hydrogen) atoms. The first kappa shape index (κ1) is 9.92. The summed E-state index contributed by atoms with van der Waals surface area (Å²) in [6.07, 6.45) is 0. The van der Waals surface area contributed by atoms with Crippen LogP contribution in [0.1, 0.15) is 0 Å². The second-order valence-corrected chi connectivity index (χ2v) is 2.65. The number of likely N-dealkylation sites (N-methyl/N-ethyl adjacent to an activating group) is 2. The Kier molecular flexibility index (Phi) is 4.23. The van der Waals surface area contributed by atoms with Gasteiger partial charge in [0.05, 0.1) is 12.6 Å². The van der Waals surface area contributed by atoms with Gasteiger partial charge in [0.25, 0.3) is 0 Å². The average Bonchev–Trinajstić information content (AvgIpc) is 1.86. The van der Waals surface area contributed by atoms with Gasteiger partial charge in [-0.15, -0.1) is 0 Å². The maximum Gasteiger partial charge on any atom is 0.237 e. The summed E-state index contributed by atoms with van der Waals surface area (Å²) in [4.78, 5) is 14.3. The second kappa shape index (κ2) is 4.69. The second-order valence-electron chi connectivity index (χ2n) is 2.65. The van der Waals surface area contributed by atoms with Crippen molar-refractivity contribution in [3.8, 4) is 6.07 Å². The van der Waals surface area contributed by atoms with E-state index in [0.717, 1.165) is 0 Å². The summed E-state index contributed by atoms with van der Waals surface area (Å²) in [5.41, 5.74) is 0. The van der Waals surface area contributed by atoms with E-state index in [9.17, 15) is 4.79 Å². The summed E-state index contributed by atoms with van der Waals surface area (Å²) in [6, 6.07) is 1.91. The largest absolute Gasteiger partial charge is 0.331 e. The molecule has 1 amide bonds. The van der Waals surface area contributed by atoms with Crippen LogP contribution < -0.4 is 0 Å². The highest BCUT2D eigenvalue weighted by atomic mass is 16.2. The van der Waals surface area contributed by atoms with Crippen LogP contribution in [0.15, 0.2) is 0 Å². The van der Waals surface area contributed by atoms with Gasteiger partial charge < -0.3 is 9.80 Å². The third kappa shape index (κ3) is 4.34. The van der Waals surface area contributed by atoms with Crippen LogP contribution in [0.4, 0.5) is 0 Å². The van der Waals surface area contributed by atoms with Crippen molar-refractivity contribution in [3.63, 3.8) is 0 Å². The molecule has 0 fully saturated rings. The third-order valence-electron chi connectivity index (χ3n) is 1.19. The number of nitriles is 1. The lowest BCUT2D eigenvalue weighted by molar-refractivity contribution is -0.129. The zero-order chi connectivity index (χ0) is 8.85. The molecule has 0 radical (unpaired) electrons. The van der Waals surface area contributed by atoms with E-state index in [1.54, 1.807) is 11.9 Å². The van der Waals surface area contributed by atoms with Gasteiger partial charge in [0.1, 0.15) is 6.54 Å². The highest BCUT2D eigenvalue weighted by molar-refractivity contribution is 5.78. The molecule has 0 bridgehead atoms. The van der Waals surface area contributed by atoms with E-state index < -0.39 is 0 Å². The summed E-state index contributed by atoms with van der Waals surface area (Å²) in [6.45, 7) is 0.519. The van der Waals surface area contributed by atoms with Crippen molar-refractivity contribution < 1.29 is 4.79 Å². The number of amides is 1. The molecule has 0 rings (SSSR count). The predicted octanol–water partition coefficient (Wildman–Crippen LogP) is -0.470. The zero-order valence-electron chi connectivity index (χ0n) is 7.16. The molecule has 0 aliphatic heterocycles. The standard InChI is InChI=1S/C7H13N3O/c1-9(2)6-7(11)10(3)5-4-8/h5-6H2,1-3H3. The van der Waals surface area contributed by atoms with Gasteiger partial charge in [-0.1, -0.05) is 0 Å². The smallest absolute Gasteiger partial charge is 0.237 e. The maximum absolute atomic E-state index is 11.1. The molecule has 4 heteroatoms. The molecule has 0 aromatic heterocycles. The Morgan fingerprint density at radius 1 is 1.45 bits per heavy atom. The Hall–Kier alpha value is -1.08. The molecule has 0 aromatic carbocycles. The summed E-state index contributed by atoms with van der Waals surface area (Å²) in [7, 11) is 5.26. The number of nitrogens with zero attached hydrogens (tertiary/aromatic N) is 3. The van der Waals surface area contributed by atoms with Gasteiger partial charge in [-0.3, -0.25) is 4.79 Å². The molecule has 62 valence electrons. The molecule has 0 unspecified atom stereocenters. The number of carbonyl (C=O) groups excluding carboxylic acids is 1. The first-order valence-corrected chi connectivity index (χ1v) is 3.33. The molecule has 0 aliphatic rings. The van der Waals surface area contributed by atoms with Crippen molar-refractivity contribution in [1.82, 2.24) is 9.80 Å². The van der Waals surface area contributed by atoms with Crippen LogP contribution in [-0.2, 0) is 4.79 Å². The fraction of sp³-hybridized carbons (Fsp3) is 0.714. The number of hydrogen-bond donors (Lipinski definition) is 0. The van der Waals surface area contributed by atoms with E-state index in [2.05, 4.69) is 0 Å². The highest BCUT2D eigenvalue weighted by Crippen LogP contribution is 1.84. The Morgan fingerprint density at radius 2 is 2.00 bits per heavy atom. The monoisotopic (exact) mass is 155 g/mol. The lowest BCUT2D eigenvalue weighted by Gasteiger charge is -2.15. The van der Waals surface area contributed by atoms with Crippen molar-refractivity contribution in [2.24, 2.45) is 0 Å². The topological polar surface area (TPSA) is 47.3 Å². The summed E-state index contributed by atoms with van der Waals surface area (Å²) in [5.74, 6) is -0.0310. The fourth-order valence-electron chi connectivity index (χ4n) is 0.585. The Balaban J connectivity index is 3.75. The van der Waals surface area contributed by atoms with Crippen molar-refractivity contribution in [2.45, 2.75) is 0 Å². The van der Waals surface area contributed by atoms with Crippen molar-refractivity contribution >= 4 is 5.91 Å². The van der Waals surface area contributed by atoms with Gasteiger partial charge in [-0.25, -0.2) is 0 Å². The molecular weight excluding hydrogens is 142 g/mol. The normalized spacial score (nSPS) is 9.36. The minimum absolute atomic E-state index is 0.0310. The van der Waals surface area contributed by atoms with E-state index in [4.69, 9.17) is 5.26 Å².